The van der Waals surface area contributed by atoms with Gasteiger partial charge in [-0.3, -0.25) is 4.79 Å². The zero-order valence-corrected chi connectivity index (χ0v) is 9.12. The quantitative estimate of drug-likeness (QED) is 0.713. The third-order valence-corrected chi connectivity index (χ3v) is 3.31. The zero-order chi connectivity index (χ0) is 10.8. The number of nitrogen functional groups attached to an aromatic ring is 1. The summed E-state index contributed by atoms with van der Waals surface area (Å²) in [6, 6.07) is 6.04. The van der Waals surface area contributed by atoms with E-state index < -0.39 is 0 Å². The number of nitrogens with two attached hydrogens (primary N) is 1. The van der Waals surface area contributed by atoms with Crippen molar-refractivity contribution in [3.63, 3.8) is 0 Å². The Morgan fingerprint density at radius 2 is 1.93 bits per heavy atom. The number of Topliss-reactive ketones (excluding diaryl/α,β-unsaturated/α-hetero) is 1. The van der Waals surface area contributed by atoms with E-state index in [1.54, 1.807) is 0 Å². The van der Waals surface area contributed by atoms with Gasteiger partial charge in [0, 0.05) is 18.5 Å². The molecule has 1 saturated carbocycles. The smallest absolute Gasteiger partial charge is 0.132 e. The lowest BCUT2D eigenvalue weighted by Crippen LogP contribution is -2.14. The average molecular weight is 203 g/mol. The number of carbonyl (C=O) groups excluding carboxylic acids is 1. The third kappa shape index (κ3) is 2.04. The number of hydrogen-bond acceptors (Lipinski definition) is 2. The highest BCUT2D eigenvalue weighted by Crippen LogP contribution is 2.36. The summed E-state index contributed by atoms with van der Waals surface area (Å²) < 4.78 is 0. The molecule has 0 spiro atoms. The fourth-order valence-corrected chi connectivity index (χ4v) is 2.49. The fraction of sp³-hybridized carbons (Fsp3) is 0.462. The molecule has 1 aromatic carbocycles. The first-order valence-electron chi connectivity index (χ1n) is 5.55. The van der Waals surface area contributed by atoms with Gasteiger partial charge in [0.1, 0.15) is 5.78 Å². The highest BCUT2D eigenvalue weighted by molar-refractivity contribution is 5.79. The topological polar surface area (TPSA) is 43.1 Å². The van der Waals surface area contributed by atoms with Crippen LogP contribution < -0.4 is 5.73 Å². The van der Waals surface area contributed by atoms with Gasteiger partial charge in [0.25, 0.3) is 0 Å². The highest BCUT2D eigenvalue weighted by atomic mass is 16.1. The molecule has 0 bridgehead atoms. The summed E-state index contributed by atoms with van der Waals surface area (Å²) in [6.07, 6.45) is 3.37. The van der Waals surface area contributed by atoms with Crippen molar-refractivity contribution < 1.29 is 4.79 Å². The summed E-state index contributed by atoms with van der Waals surface area (Å²) in [5.41, 5.74) is 9.41. The molecule has 0 saturated heterocycles. The largest absolute Gasteiger partial charge is 0.398 e. The van der Waals surface area contributed by atoms with E-state index in [-0.39, 0.29) is 0 Å². The molecule has 1 aliphatic rings. The Bertz CT molecular complexity index is 354. The summed E-state index contributed by atoms with van der Waals surface area (Å²) in [6.45, 7) is 2.10. The first kappa shape index (κ1) is 10.2. The molecule has 15 heavy (non-hydrogen) atoms. The SMILES string of the molecule is Cc1cccc(N)c1C1CCC(=O)CC1. The summed E-state index contributed by atoms with van der Waals surface area (Å²) >= 11 is 0. The average Bonchev–Trinajstić information content (AvgIpc) is 2.20. The van der Waals surface area contributed by atoms with Gasteiger partial charge in [-0.1, -0.05) is 12.1 Å². The van der Waals surface area contributed by atoms with Crippen molar-refractivity contribution >= 4 is 11.5 Å². The first-order chi connectivity index (χ1) is 7.18. The number of ketones is 1. The van der Waals surface area contributed by atoms with Gasteiger partial charge in [0.2, 0.25) is 0 Å². The fourth-order valence-electron chi connectivity index (χ4n) is 2.49. The van der Waals surface area contributed by atoms with Crippen molar-refractivity contribution in [2.45, 2.75) is 38.5 Å². The van der Waals surface area contributed by atoms with E-state index in [4.69, 9.17) is 5.73 Å². The number of anilines is 1. The maximum Gasteiger partial charge on any atom is 0.132 e. The number of rotatable bonds is 1. The predicted octanol–water partition coefficient (Wildman–Crippen LogP) is 2.80. The molecule has 0 aromatic heterocycles. The molecule has 0 amide bonds. The van der Waals surface area contributed by atoms with E-state index in [2.05, 4.69) is 13.0 Å². The van der Waals surface area contributed by atoms with Gasteiger partial charge < -0.3 is 5.73 Å². The van der Waals surface area contributed by atoms with Gasteiger partial charge in [-0.2, -0.15) is 0 Å². The van der Waals surface area contributed by atoms with Gasteiger partial charge in [-0.05, 0) is 42.9 Å². The van der Waals surface area contributed by atoms with E-state index in [0.717, 1.165) is 31.4 Å². The first-order valence-corrected chi connectivity index (χ1v) is 5.55. The van der Waals surface area contributed by atoms with Crippen LogP contribution in [0, 0.1) is 6.92 Å². The molecule has 2 heteroatoms. The number of benzene rings is 1. The van der Waals surface area contributed by atoms with Crippen molar-refractivity contribution in [1.29, 1.82) is 0 Å². The van der Waals surface area contributed by atoms with Crippen LogP contribution in [-0.4, -0.2) is 5.78 Å². The van der Waals surface area contributed by atoms with Gasteiger partial charge in [0.15, 0.2) is 0 Å². The standard InChI is InChI=1S/C13H17NO/c1-9-3-2-4-12(14)13(9)10-5-7-11(15)8-6-10/h2-4,10H,5-8,14H2,1H3. The molecule has 1 aromatic rings. The Morgan fingerprint density at radius 3 is 2.53 bits per heavy atom. The molecule has 0 atom stereocenters. The molecule has 0 unspecified atom stereocenters. The van der Waals surface area contributed by atoms with E-state index in [0.29, 0.717) is 11.7 Å². The van der Waals surface area contributed by atoms with Crippen molar-refractivity contribution in [3.05, 3.63) is 29.3 Å². The van der Waals surface area contributed by atoms with Gasteiger partial charge in [-0.15, -0.1) is 0 Å². The van der Waals surface area contributed by atoms with Crippen LogP contribution in [0.15, 0.2) is 18.2 Å². The van der Waals surface area contributed by atoms with Gasteiger partial charge in [0.05, 0.1) is 0 Å². The second-order valence-corrected chi connectivity index (χ2v) is 4.39. The lowest BCUT2D eigenvalue weighted by molar-refractivity contribution is -0.120. The molecule has 1 fully saturated rings. The van der Waals surface area contributed by atoms with Crippen LogP contribution in [-0.2, 0) is 4.79 Å². The van der Waals surface area contributed by atoms with Gasteiger partial charge in [-0.25, -0.2) is 0 Å². The molecule has 0 heterocycles. The van der Waals surface area contributed by atoms with E-state index in [1.807, 2.05) is 12.1 Å². The minimum atomic E-state index is 0.401. The minimum absolute atomic E-state index is 0.401. The van der Waals surface area contributed by atoms with Crippen LogP contribution in [0.4, 0.5) is 5.69 Å². The summed E-state index contributed by atoms with van der Waals surface area (Å²) in [5, 5.41) is 0. The summed E-state index contributed by atoms with van der Waals surface area (Å²) in [7, 11) is 0. The zero-order valence-electron chi connectivity index (χ0n) is 9.12. The van der Waals surface area contributed by atoms with Crippen LogP contribution in [0.1, 0.15) is 42.7 Å². The Labute approximate surface area is 90.5 Å². The maximum atomic E-state index is 11.2. The molecule has 80 valence electrons. The maximum absolute atomic E-state index is 11.2. The van der Waals surface area contributed by atoms with Crippen LogP contribution in [0.2, 0.25) is 0 Å². The summed E-state index contributed by atoms with van der Waals surface area (Å²) in [5.74, 6) is 0.891. The molecular formula is C13H17NO. The second-order valence-electron chi connectivity index (χ2n) is 4.39. The van der Waals surface area contributed by atoms with E-state index in [9.17, 15) is 4.79 Å². The minimum Gasteiger partial charge on any atom is -0.398 e. The molecule has 2 N–H and O–H groups in total. The molecule has 0 aliphatic heterocycles. The Morgan fingerprint density at radius 1 is 1.27 bits per heavy atom. The number of aryl methyl sites for hydroxylation is 1. The lowest BCUT2D eigenvalue weighted by atomic mass is 9.81. The number of carbonyl (C=O) groups is 1. The normalized spacial score (nSPS) is 18.1. The van der Waals surface area contributed by atoms with Crippen molar-refractivity contribution in [2.75, 3.05) is 5.73 Å². The molecule has 0 radical (unpaired) electrons. The van der Waals surface area contributed by atoms with Crippen LogP contribution in [0.25, 0.3) is 0 Å². The molecule has 2 nitrogen and oxygen atoms in total. The molecule has 2 rings (SSSR count). The summed E-state index contributed by atoms with van der Waals surface area (Å²) in [4.78, 5) is 11.2. The van der Waals surface area contributed by atoms with Crippen molar-refractivity contribution in [1.82, 2.24) is 0 Å². The molecular weight excluding hydrogens is 186 g/mol. The van der Waals surface area contributed by atoms with Gasteiger partial charge >= 0.3 is 0 Å². The highest BCUT2D eigenvalue weighted by Gasteiger charge is 2.22. The van der Waals surface area contributed by atoms with Crippen LogP contribution >= 0.6 is 0 Å². The Kier molecular flexibility index (Phi) is 2.76. The van der Waals surface area contributed by atoms with Crippen molar-refractivity contribution in [2.24, 2.45) is 0 Å². The Hall–Kier alpha value is -1.31. The van der Waals surface area contributed by atoms with E-state index >= 15 is 0 Å². The predicted molar refractivity (Wildman–Crippen MR) is 61.8 cm³/mol. The Balaban J connectivity index is 2.26. The number of hydrogen-bond donors (Lipinski definition) is 1. The second kappa shape index (κ2) is 4.05. The molecule has 1 aliphatic carbocycles. The van der Waals surface area contributed by atoms with E-state index in [1.165, 1.54) is 11.1 Å². The van der Waals surface area contributed by atoms with Crippen LogP contribution in [0.5, 0.6) is 0 Å². The lowest BCUT2D eigenvalue weighted by Gasteiger charge is -2.24. The monoisotopic (exact) mass is 203 g/mol. The third-order valence-electron chi connectivity index (χ3n) is 3.31. The van der Waals surface area contributed by atoms with Crippen molar-refractivity contribution in [3.8, 4) is 0 Å². The van der Waals surface area contributed by atoms with Crippen LogP contribution in [0.3, 0.4) is 0 Å².